The summed E-state index contributed by atoms with van der Waals surface area (Å²) in [5, 5.41) is 7.69. The molecule has 0 atom stereocenters. The third kappa shape index (κ3) is 4.77. The number of carbonyl (C=O) groups is 1. The molecule has 0 aliphatic carbocycles. The summed E-state index contributed by atoms with van der Waals surface area (Å²) in [7, 11) is 0. The minimum absolute atomic E-state index is 0.188. The maximum atomic E-state index is 12.4. The standard InChI is InChI=1S/C26H22N4O3/c31-25(28-17-19-10-12-27-13-11-19)9-7-21-18-30(22-4-2-1-3-5-22)29-26(21)20-6-8-23-24(16-20)33-15-14-32-23/h1-13,16,18H,14-15,17H2,(H,28,31). The molecule has 0 spiro atoms. The highest BCUT2D eigenvalue weighted by Crippen LogP contribution is 2.35. The van der Waals surface area contributed by atoms with Crippen LogP contribution in [0.4, 0.5) is 0 Å². The number of aromatic nitrogens is 3. The van der Waals surface area contributed by atoms with Crippen LogP contribution in [0.15, 0.2) is 85.3 Å². The number of hydrogen-bond donors (Lipinski definition) is 1. The van der Waals surface area contributed by atoms with Gasteiger partial charge in [0.15, 0.2) is 11.5 Å². The molecule has 2 aromatic carbocycles. The van der Waals surface area contributed by atoms with E-state index in [4.69, 9.17) is 14.6 Å². The van der Waals surface area contributed by atoms with Crippen LogP contribution < -0.4 is 14.8 Å². The van der Waals surface area contributed by atoms with Gasteiger partial charge in [-0.1, -0.05) is 18.2 Å². The molecule has 2 aromatic heterocycles. The van der Waals surface area contributed by atoms with Gasteiger partial charge in [-0.2, -0.15) is 5.10 Å². The van der Waals surface area contributed by atoms with Crippen LogP contribution in [0.2, 0.25) is 0 Å². The topological polar surface area (TPSA) is 78.3 Å². The van der Waals surface area contributed by atoms with Crippen LogP contribution in [0.25, 0.3) is 23.0 Å². The second kappa shape index (κ2) is 9.40. The maximum Gasteiger partial charge on any atom is 0.244 e. The van der Waals surface area contributed by atoms with Gasteiger partial charge in [0.2, 0.25) is 5.91 Å². The van der Waals surface area contributed by atoms with Gasteiger partial charge in [-0.25, -0.2) is 4.68 Å². The molecule has 7 heteroatoms. The molecule has 164 valence electrons. The molecule has 1 N–H and O–H groups in total. The van der Waals surface area contributed by atoms with Crippen molar-refractivity contribution in [1.29, 1.82) is 0 Å². The molecule has 0 radical (unpaired) electrons. The van der Waals surface area contributed by atoms with Crippen LogP contribution in [0.1, 0.15) is 11.1 Å². The van der Waals surface area contributed by atoms with Gasteiger partial charge in [0.25, 0.3) is 0 Å². The summed E-state index contributed by atoms with van der Waals surface area (Å²) >= 11 is 0. The van der Waals surface area contributed by atoms with Crippen molar-refractivity contribution in [1.82, 2.24) is 20.1 Å². The molecular formula is C26H22N4O3. The van der Waals surface area contributed by atoms with Crippen LogP contribution >= 0.6 is 0 Å². The number of hydrogen-bond acceptors (Lipinski definition) is 5. The van der Waals surface area contributed by atoms with Crippen LogP contribution in [0.3, 0.4) is 0 Å². The molecule has 1 aliphatic heterocycles. The number of pyridine rings is 1. The van der Waals surface area contributed by atoms with E-state index in [-0.39, 0.29) is 5.91 Å². The fraction of sp³-hybridized carbons (Fsp3) is 0.115. The second-order valence-electron chi connectivity index (χ2n) is 7.48. The smallest absolute Gasteiger partial charge is 0.244 e. The molecule has 4 aromatic rings. The third-order valence-electron chi connectivity index (χ3n) is 5.21. The Kier molecular flexibility index (Phi) is 5.84. The van der Waals surface area contributed by atoms with E-state index in [1.165, 1.54) is 6.08 Å². The highest BCUT2D eigenvalue weighted by atomic mass is 16.6. The van der Waals surface area contributed by atoms with Crippen molar-refractivity contribution in [2.24, 2.45) is 0 Å². The van der Waals surface area contributed by atoms with Crippen molar-refractivity contribution in [2.75, 3.05) is 13.2 Å². The highest BCUT2D eigenvalue weighted by Gasteiger charge is 2.16. The van der Waals surface area contributed by atoms with Crippen molar-refractivity contribution in [3.05, 3.63) is 96.5 Å². The molecule has 0 bridgehead atoms. The van der Waals surface area contributed by atoms with Gasteiger partial charge in [-0.3, -0.25) is 9.78 Å². The number of nitrogens with one attached hydrogen (secondary N) is 1. The summed E-state index contributed by atoms with van der Waals surface area (Å²) in [6.45, 7) is 1.49. The van der Waals surface area contributed by atoms with Crippen molar-refractivity contribution in [3.8, 4) is 28.4 Å². The van der Waals surface area contributed by atoms with Gasteiger partial charge in [-0.05, 0) is 54.1 Å². The lowest BCUT2D eigenvalue weighted by atomic mass is 10.1. The zero-order chi connectivity index (χ0) is 22.5. The molecule has 5 rings (SSSR count). The summed E-state index contributed by atoms with van der Waals surface area (Å²) in [4.78, 5) is 16.4. The lowest BCUT2D eigenvalue weighted by Gasteiger charge is -2.18. The summed E-state index contributed by atoms with van der Waals surface area (Å²) in [6.07, 6.45) is 8.62. The van der Waals surface area contributed by atoms with Crippen LogP contribution in [0.5, 0.6) is 11.5 Å². The third-order valence-corrected chi connectivity index (χ3v) is 5.21. The van der Waals surface area contributed by atoms with E-state index in [0.717, 1.165) is 33.8 Å². The van der Waals surface area contributed by atoms with Crippen molar-refractivity contribution < 1.29 is 14.3 Å². The van der Waals surface area contributed by atoms with Crippen molar-refractivity contribution in [2.45, 2.75) is 6.54 Å². The number of para-hydroxylation sites is 1. The average molecular weight is 438 g/mol. The number of rotatable bonds is 6. The minimum atomic E-state index is -0.188. The quantitative estimate of drug-likeness (QED) is 0.460. The Bertz CT molecular complexity index is 1280. The summed E-state index contributed by atoms with van der Waals surface area (Å²) in [5.41, 5.74) is 4.35. The minimum Gasteiger partial charge on any atom is -0.486 e. The van der Waals surface area contributed by atoms with Crippen molar-refractivity contribution in [3.63, 3.8) is 0 Å². The number of fused-ring (bicyclic) bond motifs is 1. The number of benzene rings is 2. The van der Waals surface area contributed by atoms with E-state index in [1.807, 2.05) is 66.9 Å². The molecule has 1 aliphatic rings. The maximum absolute atomic E-state index is 12.4. The Morgan fingerprint density at radius 1 is 1.00 bits per heavy atom. The fourth-order valence-corrected chi connectivity index (χ4v) is 3.55. The lowest BCUT2D eigenvalue weighted by Crippen LogP contribution is -2.20. The zero-order valence-corrected chi connectivity index (χ0v) is 17.8. The first-order valence-electron chi connectivity index (χ1n) is 10.7. The van der Waals surface area contributed by atoms with Gasteiger partial charge in [0.1, 0.15) is 18.9 Å². The van der Waals surface area contributed by atoms with Crippen LogP contribution in [0, 0.1) is 0 Å². The van der Waals surface area contributed by atoms with E-state index >= 15 is 0 Å². The number of carbonyl (C=O) groups excluding carboxylic acids is 1. The molecular weight excluding hydrogens is 416 g/mol. The molecule has 1 amide bonds. The van der Waals surface area contributed by atoms with Crippen LogP contribution in [-0.2, 0) is 11.3 Å². The van der Waals surface area contributed by atoms with E-state index in [2.05, 4.69) is 10.3 Å². The predicted molar refractivity (Wildman–Crippen MR) is 125 cm³/mol. The van der Waals surface area contributed by atoms with Gasteiger partial charge in [0, 0.05) is 42.3 Å². The molecule has 7 nitrogen and oxygen atoms in total. The first-order valence-corrected chi connectivity index (χ1v) is 10.7. The Hall–Kier alpha value is -4.39. The van der Waals surface area contributed by atoms with Crippen LogP contribution in [-0.4, -0.2) is 33.9 Å². The highest BCUT2D eigenvalue weighted by molar-refractivity contribution is 5.92. The number of nitrogens with zero attached hydrogens (tertiary/aromatic N) is 3. The van der Waals surface area contributed by atoms with Gasteiger partial charge < -0.3 is 14.8 Å². The van der Waals surface area contributed by atoms with E-state index in [9.17, 15) is 4.79 Å². The normalized spacial score (nSPS) is 12.6. The Morgan fingerprint density at radius 3 is 2.61 bits per heavy atom. The SMILES string of the molecule is O=C(C=Cc1cn(-c2ccccc2)nc1-c1ccc2c(c1)OCCO2)NCc1ccncc1. The average Bonchev–Trinajstić information content (AvgIpc) is 3.31. The van der Waals surface area contributed by atoms with Gasteiger partial charge in [0.05, 0.1) is 5.69 Å². The van der Waals surface area contributed by atoms with E-state index in [0.29, 0.717) is 25.5 Å². The van der Waals surface area contributed by atoms with E-state index < -0.39 is 0 Å². The largest absolute Gasteiger partial charge is 0.486 e. The number of ether oxygens (including phenoxy) is 2. The fourth-order valence-electron chi connectivity index (χ4n) is 3.55. The summed E-state index contributed by atoms with van der Waals surface area (Å²) in [6, 6.07) is 19.3. The molecule has 0 saturated carbocycles. The summed E-state index contributed by atoms with van der Waals surface area (Å²) in [5.74, 6) is 1.23. The molecule has 0 fully saturated rings. The Labute approximate surface area is 191 Å². The summed E-state index contributed by atoms with van der Waals surface area (Å²) < 4.78 is 13.2. The molecule has 0 saturated heterocycles. The first kappa shape index (κ1) is 20.5. The molecule has 33 heavy (non-hydrogen) atoms. The first-order chi connectivity index (χ1) is 16.3. The Morgan fingerprint density at radius 2 is 1.79 bits per heavy atom. The van der Waals surface area contributed by atoms with E-state index in [1.54, 1.807) is 23.2 Å². The van der Waals surface area contributed by atoms with Gasteiger partial charge in [-0.15, -0.1) is 0 Å². The monoisotopic (exact) mass is 438 g/mol. The second-order valence-corrected chi connectivity index (χ2v) is 7.48. The zero-order valence-electron chi connectivity index (χ0n) is 17.8. The van der Waals surface area contributed by atoms with Crippen molar-refractivity contribution >= 4 is 12.0 Å². The van der Waals surface area contributed by atoms with Gasteiger partial charge >= 0.3 is 0 Å². The Balaban J connectivity index is 1.43. The molecule has 3 heterocycles. The predicted octanol–water partition coefficient (Wildman–Crippen LogP) is 4.04. The molecule has 0 unspecified atom stereocenters. The number of amides is 1. The lowest BCUT2D eigenvalue weighted by molar-refractivity contribution is -0.116.